The Morgan fingerprint density at radius 3 is 2.48 bits per heavy atom. The highest BCUT2D eigenvalue weighted by Crippen LogP contribution is 2.27. The molecule has 0 amide bonds. The zero-order chi connectivity index (χ0) is 22.1. The molecule has 170 valence electrons. The highest BCUT2D eigenvalue weighted by Gasteiger charge is 2.18. The Bertz CT molecular complexity index is 816. The Kier molecular flexibility index (Phi) is 9.87. The number of rotatable bonds is 11. The third-order valence-corrected chi connectivity index (χ3v) is 5.88. The lowest BCUT2D eigenvalue weighted by Gasteiger charge is -2.35. The van der Waals surface area contributed by atoms with Gasteiger partial charge in [0.1, 0.15) is 18.6 Å². The molecular weight excluding hydrogens is 435 g/mol. The van der Waals surface area contributed by atoms with Crippen LogP contribution in [0.25, 0.3) is 0 Å². The number of nitrogens with zero attached hydrogens (tertiary/aromatic N) is 2. The second-order valence-corrected chi connectivity index (χ2v) is 8.61. The van der Waals surface area contributed by atoms with Gasteiger partial charge in [-0.2, -0.15) is 0 Å². The second-order valence-electron chi connectivity index (χ2n) is 7.74. The van der Waals surface area contributed by atoms with Crippen LogP contribution in [0.2, 0.25) is 10.0 Å². The number of hydrogen-bond donors (Lipinski definition) is 3. The first-order chi connectivity index (χ1) is 15.0. The van der Waals surface area contributed by atoms with Crippen molar-refractivity contribution < 1.29 is 9.84 Å². The molecule has 31 heavy (non-hydrogen) atoms. The summed E-state index contributed by atoms with van der Waals surface area (Å²) in [6.07, 6.45) is -0.800. The standard InChI is InChI=1S/C23H32Cl2N4O2/c1-26-8-14-31-22-16-20(25)5-6-21(22)23(30)27-7-9-28-10-12-29(13-11-28)17-18-3-2-4-19(24)15-18/h2-6,15-16,23,26-27,30H,7-14,17H2,1H3. The van der Waals surface area contributed by atoms with Crippen molar-refractivity contribution in [2.45, 2.75) is 12.8 Å². The first kappa shape index (κ1) is 24.3. The molecular formula is C23H32Cl2N4O2. The Hall–Kier alpha value is -1.38. The average molecular weight is 467 g/mol. The summed E-state index contributed by atoms with van der Waals surface area (Å²) >= 11 is 12.2. The molecule has 0 aliphatic carbocycles. The molecule has 1 saturated heterocycles. The minimum Gasteiger partial charge on any atom is -0.492 e. The SMILES string of the molecule is CNCCOc1cc(Cl)ccc1C(O)NCCN1CCN(Cc2cccc(Cl)c2)CC1. The number of aliphatic hydroxyl groups is 1. The van der Waals surface area contributed by atoms with Crippen molar-refractivity contribution in [3.63, 3.8) is 0 Å². The van der Waals surface area contributed by atoms with Gasteiger partial charge < -0.3 is 15.2 Å². The van der Waals surface area contributed by atoms with Crippen molar-refractivity contribution in [3.05, 3.63) is 63.6 Å². The van der Waals surface area contributed by atoms with E-state index in [4.69, 9.17) is 27.9 Å². The third-order valence-electron chi connectivity index (χ3n) is 5.41. The smallest absolute Gasteiger partial charge is 0.134 e. The molecule has 0 radical (unpaired) electrons. The molecule has 8 heteroatoms. The molecule has 0 aromatic heterocycles. The van der Waals surface area contributed by atoms with Crippen LogP contribution in [0.1, 0.15) is 17.4 Å². The van der Waals surface area contributed by atoms with E-state index in [1.807, 2.05) is 31.3 Å². The summed E-state index contributed by atoms with van der Waals surface area (Å²) in [7, 11) is 1.87. The predicted molar refractivity (Wildman–Crippen MR) is 127 cm³/mol. The number of piperazine rings is 1. The van der Waals surface area contributed by atoms with Crippen LogP contribution in [0.3, 0.4) is 0 Å². The van der Waals surface area contributed by atoms with Crippen LogP contribution in [0.15, 0.2) is 42.5 Å². The van der Waals surface area contributed by atoms with Gasteiger partial charge in [-0.1, -0.05) is 35.3 Å². The molecule has 1 unspecified atom stereocenters. The largest absolute Gasteiger partial charge is 0.492 e. The average Bonchev–Trinajstić information content (AvgIpc) is 2.75. The Morgan fingerprint density at radius 2 is 1.74 bits per heavy atom. The molecule has 1 aliphatic heterocycles. The normalized spacial score (nSPS) is 16.4. The lowest BCUT2D eigenvalue weighted by molar-refractivity contribution is 0.107. The lowest BCUT2D eigenvalue weighted by atomic mass is 10.1. The fourth-order valence-electron chi connectivity index (χ4n) is 3.66. The van der Waals surface area contributed by atoms with Crippen LogP contribution >= 0.6 is 23.2 Å². The highest BCUT2D eigenvalue weighted by atomic mass is 35.5. The number of nitrogens with one attached hydrogen (secondary N) is 2. The van der Waals surface area contributed by atoms with Gasteiger partial charge in [0.15, 0.2) is 0 Å². The van der Waals surface area contributed by atoms with E-state index in [1.54, 1.807) is 12.1 Å². The Labute approximate surface area is 195 Å². The molecule has 0 spiro atoms. The third kappa shape index (κ3) is 7.91. The van der Waals surface area contributed by atoms with Crippen LogP contribution in [-0.2, 0) is 6.54 Å². The minimum atomic E-state index is -0.800. The van der Waals surface area contributed by atoms with Crippen LogP contribution in [-0.4, -0.2) is 74.4 Å². The van der Waals surface area contributed by atoms with Gasteiger partial charge in [0, 0.05) is 68.0 Å². The van der Waals surface area contributed by atoms with E-state index in [1.165, 1.54) is 5.56 Å². The van der Waals surface area contributed by atoms with Gasteiger partial charge in [-0.3, -0.25) is 15.1 Å². The molecule has 1 fully saturated rings. The molecule has 1 atom stereocenters. The van der Waals surface area contributed by atoms with E-state index in [2.05, 4.69) is 26.5 Å². The number of hydrogen-bond acceptors (Lipinski definition) is 6. The van der Waals surface area contributed by atoms with Gasteiger partial charge in [0.2, 0.25) is 0 Å². The number of aliphatic hydroxyl groups excluding tert-OH is 1. The van der Waals surface area contributed by atoms with Crippen LogP contribution in [0, 0.1) is 0 Å². The van der Waals surface area contributed by atoms with E-state index in [0.29, 0.717) is 29.5 Å². The summed E-state index contributed by atoms with van der Waals surface area (Å²) in [6, 6.07) is 13.4. The molecule has 2 aromatic carbocycles. The molecule has 0 saturated carbocycles. The van der Waals surface area contributed by atoms with Crippen molar-refractivity contribution >= 4 is 23.2 Å². The fraction of sp³-hybridized carbons (Fsp3) is 0.478. The minimum absolute atomic E-state index is 0.510. The lowest BCUT2D eigenvalue weighted by Crippen LogP contribution is -2.47. The molecule has 3 rings (SSSR count). The summed E-state index contributed by atoms with van der Waals surface area (Å²) in [4.78, 5) is 4.87. The fourth-order valence-corrected chi connectivity index (χ4v) is 4.03. The van der Waals surface area contributed by atoms with E-state index in [0.717, 1.165) is 50.8 Å². The summed E-state index contributed by atoms with van der Waals surface area (Å²) in [6.45, 7) is 7.80. The van der Waals surface area contributed by atoms with Crippen molar-refractivity contribution in [3.8, 4) is 5.75 Å². The van der Waals surface area contributed by atoms with Gasteiger partial charge in [-0.05, 0) is 42.9 Å². The molecule has 6 nitrogen and oxygen atoms in total. The maximum Gasteiger partial charge on any atom is 0.134 e. The quantitative estimate of drug-likeness (QED) is 0.349. The summed E-state index contributed by atoms with van der Waals surface area (Å²) < 4.78 is 5.77. The van der Waals surface area contributed by atoms with Crippen molar-refractivity contribution in [2.75, 3.05) is 59.5 Å². The molecule has 1 heterocycles. The van der Waals surface area contributed by atoms with E-state index in [-0.39, 0.29) is 0 Å². The zero-order valence-corrected chi connectivity index (χ0v) is 19.5. The van der Waals surface area contributed by atoms with Gasteiger partial charge in [-0.25, -0.2) is 0 Å². The van der Waals surface area contributed by atoms with Gasteiger partial charge in [0.25, 0.3) is 0 Å². The zero-order valence-electron chi connectivity index (χ0n) is 18.0. The van der Waals surface area contributed by atoms with Crippen LogP contribution in [0.5, 0.6) is 5.75 Å². The van der Waals surface area contributed by atoms with Crippen LogP contribution < -0.4 is 15.4 Å². The molecule has 2 aromatic rings. The Morgan fingerprint density at radius 1 is 1.00 bits per heavy atom. The number of halogens is 2. The predicted octanol–water partition coefficient (Wildman–Crippen LogP) is 2.99. The first-order valence-corrected chi connectivity index (χ1v) is 11.5. The Balaban J connectivity index is 1.41. The van der Waals surface area contributed by atoms with Gasteiger partial charge in [-0.15, -0.1) is 0 Å². The van der Waals surface area contributed by atoms with Crippen LogP contribution in [0.4, 0.5) is 0 Å². The maximum absolute atomic E-state index is 10.6. The number of benzene rings is 2. The van der Waals surface area contributed by atoms with Gasteiger partial charge in [0.05, 0.1) is 0 Å². The van der Waals surface area contributed by atoms with Crippen molar-refractivity contribution in [1.82, 2.24) is 20.4 Å². The monoisotopic (exact) mass is 466 g/mol. The van der Waals surface area contributed by atoms with E-state index < -0.39 is 6.23 Å². The first-order valence-electron chi connectivity index (χ1n) is 10.7. The van der Waals surface area contributed by atoms with Gasteiger partial charge >= 0.3 is 0 Å². The number of likely N-dealkylation sites (N-methyl/N-ethyl adjacent to an activating group) is 1. The highest BCUT2D eigenvalue weighted by molar-refractivity contribution is 6.31. The maximum atomic E-state index is 10.6. The molecule has 3 N–H and O–H groups in total. The summed E-state index contributed by atoms with van der Waals surface area (Å²) in [5.41, 5.74) is 1.95. The number of ether oxygens (including phenoxy) is 1. The van der Waals surface area contributed by atoms with Crippen molar-refractivity contribution in [2.24, 2.45) is 0 Å². The molecule has 0 bridgehead atoms. The summed E-state index contributed by atoms with van der Waals surface area (Å²) in [5, 5.41) is 18.2. The topological polar surface area (TPSA) is 60.0 Å². The van der Waals surface area contributed by atoms with Crippen molar-refractivity contribution in [1.29, 1.82) is 0 Å². The van der Waals surface area contributed by atoms with E-state index in [9.17, 15) is 5.11 Å². The second kappa shape index (κ2) is 12.6. The summed E-state index contributed by atoms with van der Waals surface area (Å²) in [5.74, 6) is 0.609. The van der Waals surface area contributed by atoms with E-state index >= 15 is 0 Å². The molecule has 1 aliphatic rings.